The molecule has 2 N–H and O–H groups in total. The van der Waals surface area contributed by atoms with Gasteiger partial charge in [0.05, 0.1) is 24.9 Å². The molecule has 0 spiro atoms. The number of nitrogens with zero attached hydrogens (tertiary/aromatic N) is 3. The Bertz CT molecular complexity index is 1760. The number of carbonyl (C=O) groups excluding carboxylic acids is 1. The fourth-order valence-electron chi connectivity index (χ4n) is 5.99. The molecule has 8 heteroatoms. The Labute approximate surface area is 251 Å². The van der Waals surface area contributed by atoms with Gasteiger partial charge in [-0.05, 0) is 73.4 Å². The molecule has 0 radical (unpaired) electrons. The number of methoxy groups -OCH3 is 1. The molecule has 5 aromatic rings. The van der Waals surface area contributed by atoms with Crippen LogP contribution in [0.5, 0.6) is 5.75 Å². The highest BCUT2D eigenvalue weighted by Gasteiger charge is 2.41. The van der Waals surface area contributed by atoms with E-state index in [0.717, 1.165) is 50.5 Å². The van der Waals surface area contributed by atoms with Crippen LogP contribution in [0, 0.1) is 13.8 Å². The van der Waals surface area contributed by atoms with Crippen LogP contribution in [0.15, 0.2) is 97.2 Å². The summed E-state index contributed by atoms with van der Waals surface area (Å²) in [6, 6.07) is 29.9. The van der Waals surface area contributed by atoms with Gasteiger partial charge in [-0.25, -0.2) is 0 Å². The molecule has 1 saturated heterocycles. The smallest absolute Gasteiger partial charge is 0.226 e. The lowest BCUT2D eigenvalue weighted by atomic mass is 9.96. The van der Waals surface area contributed by atoms with Crippen LogP contribution in [0.4, 0.5) is 5.69 Å². The molecule has 42 heavy (non-hydrogen) atoms. The van der Waals surface area contributed by atoms with E-state index in [2.05, 4.69) is 51.1 Å². The van der Waals surface area contributed by atoms with Gasteiger partial charge in [-0.2, -0.15) is 0 Å². The maximum absolute atomic E-state index is 13.3. The predicted octanol–water partition coefficient (Wildman–Crippen LogP) is 6.65. The van der Waals surface area contributed by atoms with Crippen molar-refractivity contribution >= 4 is 39.7 Å². The van der Waals surface area contributed by atoms with Crippen LogP contribution in [0.3, 0.4) is 0 Å². The number of thiocarbonyl (C=S) groups is 1. The van der Waals surface area contributed by atoms with Crippen LogP contribution in [0.25, 0.3) is 16.5 Å². The van der Waals surface area contributed by atoms with Crippen molar-refractivity contribution in [2.45, 2.75) is 32.4 Å². The van der Waals surface area contributed by atoms with Crippen molar-refractivity contribution in [1.82, 2.24) is 19.8 Å². The summed E-state index contributed by atoms with van der Waals surface area (Å²) in [6.45, 7) is 4.69. The lowest BCUT2D eigenvalue weighted by Crippen LogP contribution is -2.33. The first-order valence-electron chi connectivity index (χ1n) is 14.0. The van der Waals surface area contributed by atoms with E-state index in [1.807, 2.05) is 78.9 Å². The number of hydrogen-bond acceptors (Lipinski definition) is 4. The fraction of sp³-hybridized carbons (Fsp3) is 0.206. The molecule has 0 aliphatic carbocycles. The number of aryl methyl sites for hydroxylation is 1. The van der Waals surface area contributed by atoms with Crippen molar-refractivity contribution in [2.24, 2.45) is 0 Å². The Morgan fingerprint density at radius 3 is 2.60 bits per heavy atom. The van der Waals surface area contributed by atoms with Gasteiger partial charge in [-0.1, -0.05) is 48.5 Å². The van der Waals surface area contributed by atoms with E-state index in [9.17, 15) is 4.79 Å². The molecule has 6 rings (SSSR count). The largest absolute Gasteiger partial charge is 0.497 e. The molecule has 1 aliphatic rings. The number of anilines is 1. The monoisotopic (exact) mass is 575 g/mol. The van der Waals surface area contributed by atoms with Crippen molar-refractivity contribution in [3.63, 3.8) is 0 Å². The molecule has 2 atom stereocenters. The Balaban J connectivity index is 1.31. The topological polar surface area (TPSA) is 71.4 Å². The minimum absolute atomic E-state index is 0.0592. The molecule has 0 saturated carbocycles. The van der Waals surface area contributed by atoms with Crippen molar-refractivity contribution in [3.05, 3.63) is 120 Å². The fourth-order valence-corrected chi connectivity index (χ4v) is 6.32. The molecule has 0 bridgehead atoms. The maximum Gasteiger partial charge on any atom is 0.226 e. The lowest BCUT2D eigenvalue weighted by molar-refractivity contribution is -0.116. The number of pyridine rings is 1. The Morgan fingerprint density at radius 2 is 1.79 bits per heavy atom. The quantitative estimate of drug-likeness (QED) is 0.202. The van der Waals surface area contributed by atoms with E-state index in [1.54, 1.807) is 13.3 Å². The molecular weight excluding hydrogens is 542 g/mol. The number of hydrogen-bond donors (Lipinski definition) is 2. The zero-order valence-corrected chi connectivity index (χ0v) is 24.7. The van der Waals surface area contributed by atoms with Gasteiger partial charge in [0.15, 0.2) is 5.11 Å². The van der Waals surface area contributed by atoms with E-state index in [-0.39, 0.29) is 24.4 Å². The van der Waals surface area contributed by atoms with E-state index < -0.39 is 0 Å². The maximum atomic E-state index is 13.3. The zero-order chi connectivity index (χ0) is 29.2. The summed E-state index contributed by atoms with van der Waals surface area (Å²) < 4.78 is 7.73. The second kappa shape index (κ2) is 11.7. The number of benzene rings is 3. The number of nitrogens with one attached hydrogen (secondary N) is 2. The average Bonchev–Trinajstić information content (AvgIpc) is 3.50. The number of aromatic nitrogens is 2. The van der Waals surface area contributed by atoms with Crippen molar-refractivity contribution in [3.8, 4) is 11.4 Å². The third kappa shape index (κ3) is 5.21. The van der Waals surface area contributed by atoms with Crippen molar-refractivity contribution in [2.75, 3.05) is 19.0 Å². The van der Waals surface area contributed by atoms with Gasteiger partial charge in [0, 0.05) is 53.4 Å². The van der Waals surface area contributed by atoms with Crippen LogP contribution in [-0.2, 0) is 4.79 Å². The summed E-state index contributed by atoms with van der Waals surface area (Å²) in [6.07, 6.45) is 2.09. The number of amides is 1. The van der Waals surface area contributed by atoms with Crippen LogP contribution in [-0.4, -0.2) is 39.1 Å². The van der Waals surface area contributed by atoms with E-state index in [0.29, 0.717) is 11.7 Å². The molecule has 7 nitrogen and oxygen atoms in total. The number of fused-ring (bicyclic) bond motifs is 1. The second-order valence-electron chi connectivity index (χ2n) is 10.5. The number of ether oxygens (including phenoxy) is 1. The van der Waals surface area contributed by atoms with Gasteiger partial charge in [0.1, 0.15) is 5.75 Å². The minimum Gasteiger partial charge on any atom is -0.497 e. The van der Waals surface area contributed by atoms with Crippen molar-refractivity contribution < 1.29 is 9.53 Å². The first kappa shape index (κ1) is 27.5. The SMILES string of the molecule is COc1cccc(-n2c(C)cc([C@@H]3[C@H](c4ccccn4)NC(=S)N3CCC(=O)Nc3cccc4ccccc34)c2C)c1. The third-order valence-corrected chi connectivity index (χ3v) is 8.29. The summed E-state index contributed by atoms with van der Waals surface area (Å²) in [4.78, 5) is 20.1. The minimum atomic E-state index is -0.168. The van der Waals surface area contributed by atoms with Gasteiger partial charge in [-0.3, -0.25) is 9.78 Å². The lowest BCUT2D eigenvalue weighted by Gasteiger charge is -2.28. The Morgan fingerprint density at radius 1 is 1.00 bits per heavy atom. The molecule has 1 amide bonds. The Hall–Kier alpha value is -4.69. The Kier molecular flexibility index (Phi) is 7.63. The molecular formula is C34H33N5O2S. The van der Waals surface area contributed by atoms with E-state index in [4.69, 9.17) is 17.0 Å². The zero-order valence-electron chi connectivity index (χ0n) is 23.9. The van der Waals surface area contributed by atoms with Gasteiger partial charge in [0.2, 0.25) is 5.91 Å². The first-order valence-corrected chi connectivity index (χ1v) is 14.4. The molecule has 1 fully saturated rings. The number of rotatable bonds is 8. The first-order chi connectivity index (χ1) is 20.4. The highest BCUT2D eigenvalue weighted by molar-refractivity contribution is 7.80. The van der Waals surface area contributed by atoms with Gasteiger partial charge >= 0.3 is 0 Å². The summed E-state index contributed by atoms with van der Waals surface area (Å²) in [7, 11) is 1.68. The second-order valence-corrected chi connectivity index (χ2v) is 10.9. The van der Waals surface area contributed by atoms with E-state index in [1.165, 1.54) is 0 Å². The third-order valence-electron chi connectivity index (χ3n) is 7.94. The normalized spacial score (nSPS) is 16.5. The van der Waals surface area contributed by atoms with Crippen LogP contribution in [0.2, 0.25) is 0 Å². The molecule has 2 aromatic heterocycles. The van der Waals surface area contributed by atoms with E-state index >= 15 is 0 Å². The molecule has 3 heterocycles. The summed E-state index contributed by atoms with van der Waals surface area (Å²) >= 11 is 5.88. The van der Waals surface area contributed by atoms with Crippen LogP contribution >= 0.6 is 12.2 Å². The van der Waals surface area contributed by atoms with Gasteiger partial charge < -0.3 is 24.8 Å². The average molecular weight is 576 g/mol. The summed E-state index contributed by atoms with van der Waals surface area (Å²) in [5, 5.41) is 9.35. The summed E-state index contributed by atoms with van der Waals surface area (Å²) in [5.74, 6) is 0.742. The molecule has 212 valence electrons. The molecule has 1 aliphatic heterocycles. The highest BCUT2D eigenvalue weighted by Crippen LogP contribution is 2.41. The van der Waals surface area contributed by atoms with Gasteiger partial charge in [0.25, 0.3) is 0 Å². The summed E-state index contributed by atoms with van der Waals surface area (Å²) in [5.41, 5.74) is 6.07. The predicted molar refractivity (Wildman–Crippen MR) is 171 cm³/mol. The van der Waals surface area contributed by atoms with Gasteiger partial charge in [-0.15, -0.1) is 0 Å². The molecule has 3 aromatic carbocycles. The highest BCUT2D eigenvalue weighted by atomic mass is 32.1. The standard InChI is InChI=1S/C34H33N5O2S/c1-22-20-28(23(2)39(22)25-12-9-13-26(21-25)41-3)33-32(30-15-6-7-18-35-30)37-34(42)38(33)19-17-31(40)36-29-16-8-11-24-10-4-5-14-27(24)29/h4-16,18,20-21,32-33H,17,19H2,1-3H3,(H,36,40)(H,37,42)/t32-,33+/m0/s1. The van der Waals surface area contributed by atoms with Crippen molar-refractivity contribution in [1.29, 1.82) is 0 Å². The van der Waals surface area contributed by atoms with Crippen LogP contribution < -0.4 is 15.4 Å². The van der Waals surface area contributed by atoms with Crippen LogP contribution in [0.1, 0.15) is 41.1 Å². The number of carbonyl (C=O) groups is 1. The molecule has 0 unspecified atom stereocenters.